The number of allylic oxidation sites excluding steroid dienone is 2. The van der Waals surface area contributed by atoms with Crippen molar-refractivity contribution in [2.24, 2.45) is 0 Å². The maximum Gasteiger partial charge on any atom is 0.121 e. The Morgan fingerprint density at radius 1 is 1.13 bits per heavy atom. The molecule has 1 aromatic rings. The zero-order chi connectivity index (χ0) is 10.7. The van der Waals surface area contributed by atoms with E-state index >= 15 is 0 Å². The fraction of sp³-hybridized carbons (Fsp3) is 0.286. The number of benzene rings is 1. The molecule has 1 aliphatic carbocycles. The van der Waals surface area contributed by atoms with Crippen LogP contribution in [0, 0.1) is 6.92 Å². The summed E-state index contributed by atoms with van der Waals surface area (Å²) in [5, 5.41) is 0. The van der Waals surface area contributed by atoms with E-state index in [0.29, 0.717) is 0 Å². The Morgan fingerprint density at radius 2 is 1.87 bits per heavy atom. The minimum Gasteiger partial charge on any atom is -0.486 e. The lowest BCUT2D eigenvalue weighted by atomic mass is 10.1. The third-order valence-electron chi connectivity index (χ3n) is 2.51. The molecule has 0 heterocycles. The Morgan fingerprint density at radius 3 is 2.53 bits per heavy atom. The van der Waals surface area contributed by atoms with Gasteiger partial charge in [0, 0.05) is 6.42 Å². The van der Waals surface area contributed by atoms with Crippen LogP contribution in [0.25, 0.3) is 0 Å². The zero-order valence-electron chi connectivity index (χ0n) is 9.23. The van der Waals surface area contributed by atoms with Gasteiger partial charge in [0.1, 0.15) is 11.9 Å². The van der Waals surface area contributed by atoms with Crippen molar-refractivity contribution in [2.75, 3.05) is 0 Å². The quantitative estimate of drug-likeness (QED) is 0.708. The van der Waals surface area contributed by atoms with Crippen LogP contribution in [0.15, 0.2) is 48.1 Å². The Kier molecular flexibility index (Phi) is 2.91. The van der Waals surface area contributed by atoms with Crippen LogP contribution >= 0.6 is 0 Å². The van der Waals surface area contributed by atoms with Crippen LogP contribution in [0.5, 0.6) is 5.75 Å². The van der Waals surface area contributed by atoms with E-state index in [0.717, 1.165) is 12.2 Å². The highest BCUT2D eigenvalue weighted by atomic mass is 16.5. The molecule has 0 aliphatic heterocycles. The molecule has 0 bridgehead atoms. The normalized spacial score (nSPS) is 19.9. The van der Waals surface area contributed by atoms with Crippen LogP contribution in [-0.4, -0.2) is 6.10 Å². The molecule has 0 saturated heterocycles. The average molecular weight is 200 g/mol. The van der Waals surface area contributed by atoms with E-state index < -0.39 is 0 Å². The molecular weight excluding hydrogens is 184 g/mol. The number of hydrogen-bond acceptors (Lipinski definition) is 1. The molecule has 1 heteroatoms. The van der Waals surface area contributed by atoms with E-state index in [1.54, 1.807) is 0 Å². The van der Waals surface area contributed by atoms with Crippen molar-refractivity contribution in [3.05, 3.63) is 53.6 Å². The highest BCUT2D eigenvalue weighted by molar-refractivity contribution is 5.28. The number of ether oxygens (including phenoxy) is 1. The van der Waals surface area contributed by atoms with Gasteiger partial charge in [0.15, 0.2) is 0 Å². The fourth-order valence-corrected chi connectivity index (χ4v) is 1.68. The van der Waals surface area contributed by atoms with E-state index in [9.17, 15) is 0 Å². The second-order valence-corrected chi connectivity index (χ2v) is 4.02. The van der Waals surface area contributed by atoms with Gasteiger partial charge < -0.3 is 4.74 Å². The smallest absolute Gasteiger partial charge is 0.121 e. The average Bonchev–Trinajstić information content (AvgIpc) is 2.22. The fourth-order valence-electron chi connectivity index (χ4n) is 1.68. The first-order chi connectivity index (χ1) is 7.24. The Labute approximate surface area is 91.1 Å². The molecule has 2 rings (SSSR count). The minimum atomic E-state index is 0.192. The zero-order valence-corrected chi connectivity index (χ0v) is 9.23. The van der Waals surface area contributed by atoms with Gasteiger partial charge in [-0.2, -0.15) is 0 Å². The summed E-state index contributed by atoms with van der Waals surface area (Å²) in [6.07, 6.45) is 7.62. The van der Waals surface area contributed by atoms with Crippen LogP contribution in [-0.2, 0) is 0 Å². The van der Waals surface area contributed by atoms with Crippen molar-refractivity contribution < 1.29 is 4.74 Å². The van der Waals surface area contributed by atoms with Gasteiger partial charge in [-0.3, -0.25) is 0 Å². The molecule has 1 aromatic carbocycles. The second kappa shape index (κ2) is 4.35. The Hall–Kier alpha value is -1.50. The first-order valence-electron chi connectivity index (χ1n) is 5.32. The molecular formula is C14H16O. The summed E-state index contributed by atoms with van der Waals surface area (Å²) in [4.78, 5) is 0. The van der Waals surface area contributed by atoms with Gasteiger partial charge in [-0.25, -0.2) is 0 Å². The van der Waals surface area contributed by atoms with Crippen LogP contribution in [0.1, 0.15) is 18.9 Å². The summed E-state index contributed by atoms with van der Waals surface area (Å²) < 4.78 is 5.85. The topological polar surface area (TPSA) is 9.23 Å². The van der Waals surface area contributed by atoms with Crippen LogP contribution in [0.2, 0.25) is 0 Å². The summed E-state index contributed by atoms with van der Waals surface area (Å²) >= 11 is 0. The summed E-state index contributed by atoms with van der Waals surface area (Å²) in [7, 11) is 0. The molecule has 15 heavy (non-hydrogen) atoms. The second-order valence-electron chi connectivity index (χ2n) is 4.02. The first-order valence-corrected chi connectivity index (χ1v) is 5.32. The predicted octanol–water partition coefficient (Wildman–Crippen LogP) is 3.65. The van der Waals surface area contributed by atoms with Crippen molar-refractivity contribution in [3.63, 3.8) is 0 Å². The van der Waals surface area contributed by atoms with E-state index in [-0.39, 0.29) is 6.10 Å². The molecule has 0 fully saturated rings. The number of hydrogen-bond donors (Lipinski definition) is 0. The third kappa shape index (κ3) is 2.72. The van der Waals surface area contributed by atoms with E-state index in [1.165, 1.54) is 11.1 Å². The lowest BCUT2D eigenvalue weighted by molar-refractivity contribution is 0.250. The largest absolute Gasteiger partial charge is 0.486 e. The monoisotopic (exact) mass is 200 g/mol. The molecule has 1 atom stereocenters. The van der Waals surface area contributed by atoms with Gasteiger partial charge in [-0.15, -0.1) is 0 Å². The highest BCUT2D eigenvalue weighted by Crippen LogP contribution is 2.18. The number of rotatable bonds is 2. The van der Waals surface area contributed by atoms with Gasteiger partial charge in [0.2, 0.25) is 0 Å². The molecule has 0 spiro atoms. The molecule has 0 amide bonds. The standard InChI is InChI=1S/C14H16O/c1-11-6-8-13(9-7-11)15-14-5-3-4-12(2)10-14/h3-4,6-10,14H,5H2,1-2H3. The van der Waals surface area contributed by atoms with Crippen LogP contribution < -0.4 is 4.74 Å². The molecule has 0 saturated carbocycles. The van der Waals surface area contributed by atoms with E-state index in [2.05, 4.69) is 44.2 Å². The van der Waals surface area contributed by atoms with Gasteiger partial charge in [-0.1, -0.05) is 35.4 Å². The maximum atomic E-state index is 5.85. The van der Waals surface area contributed by atoms with Gasteiger partial charge in [0.05, 0.1) is 0 Å². The van der Waals surface area contributed by atoms with Crippen molar-refractivity contribution in [1.29, 1.82) is 0 Å². The molecule has 1 nitrogen and oxygen atoms in total. The Bertz CT molecular complexity index is 384. The number of aryl methyl sites for hydroxylation is 1. The van der Waals surface area contributed by atoms with Crippen molar-refractivity contribution >= 4 is 0 Å². The van der Waals surface area contributed by atoms with Crippen molar-refractivity contribution in [1.82, 2.24) is 0 Å². The van der Waals surface area contributed by atoms with Crippen LogP contribution in [0.4, 0.5) is 0 Å². The minimum absolute atomic E-state index is 0.192. The van der Waals surface area contributed by atoms with Crippen LogP contribution in [0.3, 0.4) is 0 Å². The summed E-state index contributed by atoms with van der Waals surface area (Å²) in [5.41, 5.74) is 2.54. The lowest BCUT2D eigenvalue weighted by Gasteiger charge is -2.17. The maximum absolute atomic E-state index is 5.85. The SMILES string of the molecule is CC1=CC(Oc2ccc(C)cc2)CC=C1. The van der Waals surface area contributed by atoms with Crippen molar-refractivity contribution in [3.8, 4) is 5.75 Å². The molecule has 0 aromatic heterocycles. The molecule has 1 unspecified atom stereocenters. The highest BCUT2D eigenvalue weighted by Gasteiger charge is 2.08. The summed E-state index contributed by atoms with van der Waals surface area (Å²) in [6, 6.07) is 8.20. The van der Waals surface area contributed by atoms with Gasteiger partial charge >= 0.3 is 0 Å². The third-order valence-corrected chi connectivity index (χ3v) is 2.51. The van der Waals surface area contributed by atoms with Gasteiger partial charge in [0.25, 0.3) is 0 Å². The predicted molar refractivity (Wildman–Crippen MR) is 63.1 cm³/mol. The van der Waals surface area contributed by atoms with Gasteiger partial charge in [-0.05, 0) is 32.1 Å². The molecule has 0 N–H and O–H groups in total. The van der Waals surface area contributed by atoms with E-state index in [1.807, 2.05) is 12.1 Å². The summed E-state index contributed by atoms with van der Waals surface area (Å²) in [5.74, 6) is 0.949. The molecule has 1 aliphatic rings. The molecule has 0 radical (unpaired) electrons. The first kappa shape index (κ1) is 10.0. The lowest BCUT2D eigenvalue weighted by Crippen LogP contribution is -2.14. The van der Waals surface area contributed by atoms with E-state index in [4.69, 9.17) is 4.74 Å². The Balaban J connectivity index is 2.03. The van der Waals surface area contributed by atoms with Crippen molar-refractivity contribution in [2.45, 2.75) is 26.4 Å². The summed E-state index contributed by atoms with van der Waals surface area (Å²) in [6.45, 7) is 4.18. The molecule has 78 valence electrons.